The highest BCUT2D eigenvalue weighted by Gasteiger charge is 2.25. The molecule has 0 aliphatic heterocycles. The van der Waals surface area contributed by atoms with Gasteiger partial charge in [-0.1, -0.05) is 31.5 Å². The molecule has 0 aliphatic rings. The van der Waals surface area contributed by atoms with Crippen LogP contribution in [0.3, 0.4) is 0 Å². The smallest absolute Gasteiger partial charge is 0.328 e. The van der Waals surface area contributed by atoms with E-state index in [9.17, 15) is 14.9 Å². The first-order chi connectivity index (χ1) is 9.36. The Morgan fingerprint density at radius 1 is 1.50 bits per heavy atom. The van der Waals surface area contributed by atoms with Crippen LogP contribution in [0.5, 0.6) is 0 Å². The van der Waals surface area contributed by atoms with Crippen molar-refractivity contribution >= 4 is 28.9 Å². The number of para-hydroxylation sites is 1. The largest absolute Gasteiger partial charge is 0.467 e. The molecule has 1 unspecified atom stereocenters. The van der Waals surface area contributed by atoms with Crippen molar-refractivity contribution in [3.63, 3.8) is 0 Å². The van der Waals surface area contributed by atoms with E-state index in [0.29, 0.717) is 6.42 Å². The minimum absolute atomic E-state index is 0.0214. The Hall–Kier alpha value is -1.82. The molecule has 1 aromatic carbocycles. The maximum absolute atomic E-state index is 11.7. The van der Waals surface area contributed by atoms with Crippen LogP contribution in [-0.2, 0) is 9.53 Å². The zero-order chi connectivity index (χ0) is 15.3. The molecule has 0 saturated heterocycles. The number of hydrogen-bond donors (Lipinski definition) is 1. The molecule has 0 amide bonds. The minimum Gasteiger partial charge on any atom is -0.467 e. The Kier molecular flexibility index (Phi) is 5.76. The van der Waals surface area contributed by atoms with E-state index in [-0.39, 0.29) is 22.3 Å². The number of halogens is 1. The van der Waals surface area contributed by atoms with Gasteiger partial charge in [-0.05, 0) is 24.5 Å². The van der Waals surface area contributed by atoms with Crippen molar-refractivity contribution in [2.45, 2.75) is 26.3 Å². The molecule has 0 saturated carbocycles. The summed E-state index contributed by atoms with van der Waals surface area (Å²) in [6, 6.07) is 3.87. The molecule has 0 aliphatic carbocycles. The van der Waals surface area contributed by atoms with Gasteiger partial charge in [0.2, 0.25) is 0 Å². The van der Waals surface area contributed by atoms with Gasteiger partial charge < -0.3 is 10.1 Å². The van der Waals surface area contributed by atoms with Crippen molar-refractivity contribution in [1.82, 2.24) is 0 Å². The summed E-state index contributed by atoms with van der Waals surface area (Å²) in [6.07, 6.45) is 0.496. The van der Waals surface area contributed by atoms with Gasteiger partial charge in [0.1, 0.15) is 16.8 Å². The normalized spacial score (nSPS) is 12.1. The molecule has 110 valence electrons. The molecule has 0 heterocycles. The molecule has 1 aromatic rings. The van der Waals surface area contributed by atoms with Crippen LogP contribution in [0, 0.1) is 16.0 Å². The molecule has 0 bridgehead atoms. The highest BCUT2D eigenvalue weighted by Crippen LogP contribution is 2.33. The predicted octanol–water partition coefficient (Wildman–Crippen LogP) is 3.25. The van der Waals surface area contributed by atoms with Crippen LogP contribution >= 0.6 is 11.6 Å². The van der Waals surface area contributed by atoms with Gasteiger partial charge in [-0.3, -0.25) is 10.1 Å². The number of carbonyl (C=O) groups is 1. The second-order valence-electron chi connectivity index (χ2n) is 4.74. The quantitative estimate of drug-likeness (QED) is 0.495. The van der Waals surface area contributed by atoms with E-state index in [1.165, 1.54) is 19.2 Å². The Morgan fingerprint density at radius 2 is 2.15 bits per heavy atom. The number of ether oxygens (including phenoxy) is 1. The number of nitrogens with one attached hydrogen (secondary N) is 1. The molecule has 1 rings (SSSR count). The van der Waals surface area contributed by atoms with Gasteiger partial charge in [-0.15, -0.1) is 0 Å². The van der Waals surface area contributed by atoms with Gasteiger partial charge in [-0.2, -0.15) is 0 Å². The van der Waals surface area contributed by atoms with E-state index in [1.807, 2.05) is 13.8 Å². The Morgan fingerprint density at radius 3 is 2.65 bits per heavy atom. The van der Waals surface area contributed by atoms with Crippen molar-refractivity contribution in [2.75, 3.05) is 12.4 Å². The van der Waals surface area contributed by atoms with Crippen LogP contribution in [0.2, 0.25) is 5.02 Å². The predicted molar refractivity (Wildman–Crippen MR) is 77.0 cm³/mol. The molecular weight excluding hydrogens is 284 g/mol. The Labute approximate surface area is 122 Å². The van der Waals surface area contributed by atoms with Crippen molar-refractivity contribution < 1.29 is 14.5 Å². The SMILES string of the molecule is COC(=O)C(CC(C)C)Nc1cccc(Cl)c1[N+](=O)[O-]. The van der Waals surface area contributed by atoms with Gasteiger partial charge >= 0.3 is 11.7 Å². The fraction of sp³-hybridized carbons (Fsp3) is 0.462. The van der Waals surface area contributed by atoms with Crippen molar-refractivity contribution in [1.29, 1.82) is 0 Å². The molecule has 7 heteroatoms. The van der Waals surface area contributed by atoms with E-state index in [2.05, 4.69) is 5.32 Å². The number of nitro groups is 1. The van der Waals surface area contributed by atoms with Gasteiger partial charge in [0, 0.05) is 0 Å². The lowest BCUT2D eigenvalue weighted by molar-refractivity contribution is -0.383. The number of benzene rings is 1. The molecule has 6 nitrogen and oxygen atoms in total. The second kappa shape index (κ2) is 7.09. The summed E-state index contributed by atoms with van der Waals surface area (Å²) in [5.74, 6) is -0.238. The summed E-state index contributed by atoms with van der Waals surface area (Å²) in [5.41, 5.74) is -0.0367. The third kappa shape index (κ3) is 4.09. The van der Waals surface area contributed by atoms with E-state index in [1.54, 1.807) is 6.07 Å². The summed E-state index contributed by atoms with van der Waals surface area (Å²) in [5, 5.41) is 13.9. The fourth-order valence-electron chi connectivity index (χ4n) is 1.83. The minimum atomic E-state index is -0.655. The summed E-state index contributed by atoms with van der Waals surface area (Å²) in [7, 11) is 1.28. The first-order valence-electron chi connectivity index (χ1n) is 6.14. The summed E-state index contributed by atoms with van der Waals surface area (Å²) < 4.78 is 4.71. The molecule has 20 heavy (non-hydrogen) atoms. The maximum Gasteiger partial charge on any atom is 0.328 e. The lowest BCUT2D eigenvalue weighted by Gasteiger charge is -2.19. The summed E-state index contributed by atoms with van der Waals surface area (Å²) in [4.78, 5) is 22.2. The molecule has 1 atom stereocenters. The number of anilines is 1. The van der Waals surface area contributed by atoms with E-state index >= 15 is 0 Å². The maximum atomic E-state index is 11.7. The Bertz CT molecular complexity index is 505. The topological polar surface area (TPSA) is 81.5 Å². The molecule has 1 N–H and O–H groups in total. The zero-order valence-electron chi connectivity index (χ0n) is 11.6. The standard InChI is InChI=1S/C13H17ClN2O4/c1-8(2)7-11(13(17)20-3)15-10-6-4-5-9(14)12(10)16(18)19/h4-6,8,11,15H,7H2,1-3H3. The average Bonchev–Trinajstić information content (AvgIpc) is 2.36. The Balaban J connectivity index is 3.08. The van der Waals surface area contributed by atoms with Gasteiger partial charge in [0.05, 0.1) is 12.0 Å². The summed E-state index contributed by atoms with van der Waals surface area (Å²) >= 11 is 5.83. The van der Waals surface area contributed by atoms with Gasteiger partial charge in [0.25, 0.3) is 0 Å². The zero-order valence-corrected chi connectivity index (χ0v) is 12.3. The first kappa shape index (κ1) is 16.2. The van der Waals surface area contributed by atoms with Crippen LogP contribution in [-0.4, -0.2) is 24.0 Å². The highest BCUT2D eigenvalue weighted by molar-refractivity contribution is 6.33. The number of methoxy groups -OCH3 is 1. The van der Waals surface area contributed by atoms with Crippen molar-refractivity contribution in [3.8, 4) is 0 Å². The van der Waals surface area contributed by atoms with Crippen LogP contribution < -0.4 is 5.32 Å². The molecule has 0 fully saturated rings. The number of nitro benzene ring substituents is 1. The number of rotatable bonds is 6. The molecule has 0 aromatic heterocycles. The first-order valence-corrected chi connectivity index (χ1v) is 6.51. The number of hydrogen-bond acceptors (Lipinski definition) is 5. The monoisotopic (exact) mass is 300 g/mol. The van der Waals surface area contributed by atoms with Crippen molar-refractivity contribution in [2.24, 2.45) is 5.92 Å². The van der Waals surface area contributed by atoms with E-state index in [4.69, 9.17) is 16.3 Å². The second-order valence-corrected chi connectivity index (χ2v) is 5.15. The van der Waals surface area contributed by atoms with E-state index in [0.717, 1.165) is 0 Å². The van der Waals surface area contributed by atoms with Crippen molar-refractivity contribution in [3.05, 3.63) is 33.3 Å². The van der Waals surface area contributed by atoms with Gasteiger partial charge in [-0.25, -0.2) is 4.79 Å². The molecular formula is C13H17ClN2O4. The van der Waals surface area contributed by atoms with Gasteiger partial charge in [0.15, 0.2) is 0 Å². The molecule has 0 radical (unpaired) electrons. The lowest BCUT2D eigenvalue weighted by atomic mass is 10.0. The molecule has 0 spiro atoms. The average molecular weight is 301 g/mol. The van der Waals surface area contributed by atoms with Crippen LogP contribution in [0.25, 0.3) is 0 Å². The number of esters is 1. The van der Waals surface area contributed by atoms with E-state index < -0.39 is 16.9 Å². The fourth-order valence-corrected chi connectivity index (χ4v) is 2.08. The highest BCUT2D eigenvalue weighted by atomic mass is 35.5. The number of carbonyl (C=O) groups excluding carboxylic acids is 1. The summed E-state index contributed by atoms with van der Waals surface area (Å²) in [6.45, 7) is 3.90. The lowest BCUT2D eigenvalue weighted by Crippen LogP contribution is -2.32. The number of nitrogens with zero attached hydrogens (tertiary/aromatic N) is 1. The van der Waals surface area contributed by atoms with Crippen LogP contribution in [0.4, 0.5) is 11.4 Å². The van der Waals surface area contributed by atoms with Crippen LogP contribution in [0.1, 0.15) is 20.3 Å². The third-order valence-electron chi connectivity index (χ3n) is 2.69. The van der Waals surface area contributed by atoms with Crippen LogP contribution in [0.15, 0.2) is 18.2 Å². The third-order valence-corrected chi connectivity index (χ3v) is 3.00.